The van der Waals surface area contributed by atoms with Crippen LogP contribution in [0.25, 0.3) is 0 Å². The van der Waals surface area contributed by atoms with Crippen LogP contribution in [0.2, 0.25) is 0 Å². The molecule has 1 fully saturated rings. The number of aliphatic imine (C=N–C) groups is 1. The summed E-state index contributed by atoms with van der Waals surface area (Å²) >= 11 is 0. The minimum Gasteiger partial charge on any atom is -0.494 e. The number of benzene rings is 1. The number of nitrogens with one attached hydrogen (secondary N) is 1. The second kappa shape index (κ2) is 14.0. The van der Waals surface area contributed by atoms with Crippen molar-refractivity contribution in [3.63, 3.8) is 0 Å². The van der Waals surface area contributed by atoms with Crippen molar-refractivity contribution < 1.29 is 13.9 Å². The fourth-order valence-corrected chi connectivity index (χ4v) is 3.05. The van der Waals surface area contributed by atoms with Crippen LogP contribution in [0, 0.1) is 11.7 Å². The third-order valence-corrected chi connectivity index (χ3v) is 4.72. The molecule has 1 aromatic carbocycles. The van der Waals surface area contributed by atoms with Crippen LogP contribution in [0.5, 0.6) is 5.75 Å². The summed E-state index contributed by atoms with van der Waals surface area (Å²) in [6.45, 7) is 4.31. The molecule has 0 bridgehead atoms. The van der Waals surface area contributed by atoms with Crippen LogP contribution < -0.4 is 10.1 Å². The summed E-state index contributed by atoms with van der Waals surface area (Å²) in [4.78, 5) is 6.56. The van der Waals surface area contributed by atoms with Crippen LogP contribution >= 0.6 is 24.0 Å². The standard InChI is InChI=1S/C20H32FN3O2.HI/c1-22-20(24(2)13-9-17-10-15-25-16-11-17)23-12-3-4-14-26-19-7-5-18(21)6-8-19;/h5-8,17H,3-4,9-16H2,1-2H3,(H,22,23);1H. The highest BCUT2D eigenvalue weighted by atomic mass is 127. The highest BCUT2D eigenvalue weighted by molar-refractivity contribution is 14.0. The number of unbranched alkanes of at least 4 members (excludes halogenated alkanes) is 1. The summed E-state index contributed by atoms with van der Waals surface area (Å²) in [6.07, 6.45) is 5.47. The number of hydrogen-bond acceptors (Lipinski definition) is 3. The lowest BCUT2D eigenvalue weighted by molar-refractivity contribution is 0.0625. The SMILES string of the molecule is CN=C(NCCCCOc1ccc(F)cc1)N(C)CCC1CCOCC1.I. The van der Waals surface area contributed by atoms with E-state index < -0.39 is 0 Å². The zero-order valence-corrected chi connectivity index (χ0v) is 18.8. The van der Waals surface area contributed by atoms with Crippen LogP contribution in [0.15, 0.2) is 29.3 Å². The highest BCUT2D eigenvalue weighted by Gasteiger charge is 2.15. The van der Waals surface area contributed by atoms with E-state index in [0.717, 1.165) is 51.0 Å². The number of guanidine groups is 1. The first kappa shape index (κ1) is 23.9. The molecule has 0 radical (unpaired) electrons. The van der Waals surface area contributed by atoms with E-state index in [1.165, 1.54) is 31.4 Å². The van der Waals surface area contributed by atoms with E-state index in [0.29, 0.717) is 12.4 Å². The van der Waals surface area contributed by atoms with Gasteiger partial charge in [-0.25, -0.2) is 4.39 Å². The maximum Gasteiger partial charge on any atom is 0.193 e. The molecule has 1 aromatic rings. The van der Waals surface area contributed by atoms with Gasteiger partial charge in [0.15, 0.2) is 5.96 Å². The van der Waals surface area contributed by atoms with Crippen LogP contribution in [-0.4, -0.2) is 57.9 Å². The van der Waals surface area contributed by atoms with E-state index in [1.807, 2.05) is 7.05 Å². The number of halogens is 2. The Morgan fingerprint density at radius 3 is 2.63 bits per heavy atom. The van der Waals surface area contributed by atoms with Crippen LogP contribution in [0.3, 0.4) is 0 Å². The monoisotopic (exact) mass is 493 g/mol. The molecular weight excluding hydrogens is 460 g/mol. The Morgan fingerprint density at radius 2 is 1.96 bits per heavy atom. The van der Waals surface area contributed by atoms with Gasteiger partial charge in [0.25, 0.3) is 0 Å². The number of hydrogen-bond donors (Lipinski definition) is 1. The molecule has 1 saturated heterocycles. The molecule has 0 amide bonds. The molecule has 1 aliphatic heterocycles. The molecule has 0 spiro atoms. The molecule has 0 unspecified atom stereocenters. The summed E-state index contributed by atoms with van der Waals surface area (Å²) in [5.41, 5.74) is 0. The normalized spacial score (nSPS) is 15.1. The molecule has 1 aliphatic rings. The molecule has 154 valence electrons. The molecule has 27 heavy (non-hydrogen) atoms. The van der Waals surface area contributed by atoms with Crippen molar-refractivity contribution in [1.29, 1.82) is 0 Å². The average molecular weight is 493 g/mol. The molecule has 2 rings (SSSR count). The average Bonchev–Trinajstić information content (AvgIpc) is 2.68. The third kappa shape index (κ3) is 9.60. The lowest BCUT2D eigenvalue weighted by Gasteiger charge is -2.26. The largest absolute Gasteiger partial charge is 0.494 e. The van der Waals surface area contributed by atoms with Gasteiger partial charge >= 0.3 is 0 Å². The first-order valence-electron chi connectivity index (χ1n) is 9.57. The van der Waals surface area contributed by atoms with Gasteiger partial charge in [-0.05, 0) is 62.3 Å². The van der Waals surface area contributed by atoms with E-state index in [1.54, 1.807) is 12.1 Å². The van der Waals surface area contributed by atoms with Crippen molar-refractivity contribution in [1.82, 2.24) is 10.2 Å². The van der Waals surface area contributed by atoms with Gasteiger partial charge in [0.05, 0.1) is 6.61 Å². The quantitative estimate of drug-likeness (QED) is 0.245. The maximum atomic E-state index is 12.8. The Hall–Kier alpha value is -1.09. The number of ether oxygens (including phenoxy) is 2. The second-order valence-corrected chi connectivity index (χ2v) is 6.75. The predicted octanol–water partition coefficient (Wildman–Crippen LogP) is 3.93. The second-order valence-electron chi connectivity index (χ2n) is 6.75. The van der Waals surface area contributed by atoms with E-state index in [9.17, 15) is 4.39 Å². The van der Waals surface area contributed by atoms with E-state index in [4.69, 9.17) is 9.47 Å². The summed E-state index contributed by atoms with van der Waals surface area (Å²) in [7, 11) is 3.91. The lowest BCUT2D eigenvalue weighted by atomic mass is 9.96. The van der Waals surface area contributed by atoms with Gasteiger partial charge in [0.1, 0.15) is 11.6 Å². The molecule has 0 aliphatic carbocycles. The van der Waals surface area contributed by atoms with Gasteiger partial charge < -0.3 is 19.7 Å². The first-order valence-corrected chi connectivity index (χ1v) is 9.57. The Labute approximate surface area is 179 Å². The Bertz CT molecular complexity index is 537. The van der Waals surface area contributed by atoms with Crippen LogP contribution in [0.1, 0.15) is 32.1 Å². The fraction of sp³-hybridized carbons (Fsp3) is 0.650. The van der Waals surface area contributed by atoms with Crippen LogP contribution in [0.4, 0.5) is 4.39 Å². The molecular formula is C20H33FIN3O2. The van der Waals surface area contributed by atoms with Crippen molar-refractivity contribution in [2.45, 2.75) is 32.1 Å². The minimum absolute atomic E-state index is 0. The lowest BCUT2D eigenvalue weighted by Crippen LogP contribution is -2.40. The van der Waals surface area contributed by atoms with Gasteiger partial charge in [0.2, 0.25) is 0 Å². The van der Waals surface area contributed by atoms with Gasteiger partial charge in [-0.2, -0.15) is 0 Å². The van der Waals surface area contributed by atoms with Gasteiger partial charge in [-0.1, -0.05) is 0 Å². The zero-order valence-electron chi connectivity index (χ0n) is 16.5. The Balaban J connectivity index is 0.00000364. The topological polar surface area (TPSA) is 46.1 Å². The van der Waals surface area contributed by atoms with E-state index >= 15 is 0 Å². The first-order chi connectivity index (χ1) is 12.7. The highest BCUT2D eigenvalue weighted by Crippen LogP contribution is 2.18. The summed E-state index contributed by atoms with van der Waals surface area (Å²) in [5, 5.41) is 3.41. The van der Waals surface area contributed by atoms with Crippen molar-refractivity contribution in [3.05, 3.63) is 30.1 Å². The smallest absolute Gasteiger partial charge is 0.193 e. The molecule has 5 nitrogen and oxygen atoms in total. The molecule has 0 atom stereocenters. The molecule has 7 heteroatoms. The van der Waals surface area contributed by atoms with Gasteiger partial charge in [-0.3, -0.25) is 4.99 Å². The van der Waals surface area contributed by atoms with Gasteiger partial charge in [0, 0.05) is 40.4 Å². The Morgan fingerprint density at radius 1 is 1.26 bits per heavy atom. The predicted molar refractivity (Wildman–Crippen MR) is 119 cm³/mol. The van der Waals surface area contributed by atoms with Crippen LogP contribution in [-0.2, 0) is 4.74 Å². The number of rotatable bonds is 9. The molecule has 1 heterocycles. The van der Waals surface area contributed by atoms with Crippen molar-refractivity contribution in [2.75, 3.05) is 47.0 Å². The number of nitrogens with zero attached hydrogens (tertiary/aromatic N) is 2. The fourth-order valence-electron chi connectivity index (χ4n) is 3.05. The van der Waals surface area contributed by atoms with E-state index in [-0.39, 0.29) is 29.8 Å². The Kier molecular flexibility index (Phi) is 12.4. The van der Waals surface area contributed by atoms with E-state index in [2.05, 4.69) is 22.3 Å². The van der Waals surface area contributed by atoms with Crippen molar-refractivity contribution >= 4 is 29.9 Å². The summed E-state index contributed by atoms with van der Waals surface area (Å²) in [5.74, 6) is 2.18. The summed E-state index contributed by atoms with van der Waals surface area (Å²) in [6, 6.07) is 6.14. The molecule has 1 N–H and O–H groups in total. The molecule has 0 aromatic heterocycles. The summed E-state index contributed by atoms with van der Waals surface area (Å²) < 4.78 is 23.8. The minimum atomic E-state index is -0.242. The maximum absolute atomic E-state index is 12.8. The van der Waals surface area contributed by atoms with Gasteiger partial charge in [-0.15, -0.1) is 24.0 Å². The van der Waals surface area contributed by atoms with Crippen molar-refractivity contribution in [3.8, 4) is 5.75 Å². The molecule has 0 saturated carbocycles. The zero-order chi connectivity index (χ0) is 18.6. The van der Waals surface area contributed by atoms with Crippen molar-refractivity contribution in [2.24, 2.45) is 10.9 Å². The third-order valence-electron chi connectivity index (χ3n) is 4.72.